The van der Waals surface area contributed by atoms with Crippen molar-refractivity contribution in [2.24, 2.45) is 0 Å². The Kier molecular flexibility index (Phi) is 6.93. The number of carbonyl (C=O) groups is 1. The zero-order valence-corrected chi connectivity index (χ0v) is 23.3. The van der Waals surface area contributed by atoms with E-state index >= 15 is 0 Å². The normalized spacial score (nSPS) is 13.6. The van der Waals surface area contributed by atoms with Crippen LogP contribution in [0.4, 0.5) is 11.4 Å². The van der Waals surface area contributed by atoms with Gasteiger partial charge in [0.2, 0.25) is 10.0 Å². The van der Waals surface area contributed by atoms with Gasteiger partial charge in [0, 0.05) is 30.2 Å². The van der Waals surface area contributed by atoms with Crippen LogP contribution in [0.3, 0.4) is 0 Å². The molecule has 1 aliphatic rings. The summed E-state index contributed by atoms with van der Waals surface area (Å²) >= 11 is 13.7. The number of halogens is 2. The number of anilines is 2. The number of sulfonamides is 1. The van der Waals surface area contributed by atoms with Crippen molar-refractivity contribution in [2.75, 3.05) is 25.1 Å². The third-order valence-electron chi connectivity index (χ3n) is 6.46. The van der Waals surface area contributed by atoms with Gasteiger partial charge in [0.25, 0.3) is 5.91 Å². The predicted octanol–water partition coefficient (Wildman–Crippen LogP) is 6.23. The van der Waals surface area contributed by atoms with Gasteiger partial charge in [-0.3, -0.25) is 4.79 Å². The van der Waals surface area contributed by atoms with Gasteiger partial charge in [-0.2, -0.15) is 0 Å². The van der Waals surface area contributed by atoms with Gasteiger partial charge in [-0.1, -0.05) is 35.3 Å². The highest BCUT2D eigenvalue weighted by atomic mass is 35.5. The maximum Gasteiger partial charge on any atom is 0.267 e. The number of nitrogens with one attached hydrogen (secondary N) is 1. The largest absolute Gasteiger partial charge is 0.397 e. The Morgan fingerprint density at radius 3 is 2.49 bits per heavy atom. The second kappa shape index (κ2) is 9.89. The van der Waals surface area contributed by atoms with E-state index in [1.54, 1.807) is 0 Å². The lowest BCUT2D eigenvalue weighted by atomic mass is 9.87. The molecule has 37 heavy (non-hydrogen) atoms. The molecule has 0 radical (unpaired) electrons. The Morgan fingerprint density at radius 2 is 1.78 bits per heavy atom. The SMILES string of the molecule is CN(C)S(=O)(=O)c1ccc(Cl)c(NC(=O)c2sc3nc4c(c(-c5ccc(Cl)cc5)c3c2N)CCCC4)c1. The molecule has 0 bridgehead atoms. The van der Waals surface area contributed by atoms with Gasteiger partial charge in [-0.25, -0.2) is 17.7 Å². The standard InChI is InChI=1S/C26H24Cl2N4O3S2/c1-32(2)37(34,35)16-11-12-18(28)20(13-16)30-25(33)24-23(29)22-21(14-7-9-15(27)10-8-14)17-5-3-4-6-19(17)31-26(22)36-24/h7-13H,3-6,29H2,1-2H3,(H,30,33). The highest BCUT2D eigenvalue weighted by Gasteiger charge is 2.26. The fourth-order valence-electron chi connectivity index (χ4n) is 4.56. The number of amides is 1. The summed E-state index contributed by atoms with van der Waals surface area (Å²) in [6.45, 7) is 0. The summed E-state index contributed by atoms with van der Waals surface area (Å²) < 4.78 is 26.2. The number of nitrogen functional groups attached to an aromatic ring is 1. The van der Waals surface area contributed by atoms with E-state index in [1.165, 1.54) is 43.6 Å². The Morgan fingerprint density at radius 1 is 1.08 bits per heavy atom. The Bertz CT molecular complexity index is 1650. The molecule has 7 nitrogen and oxygen atoms in total. The number of rotatable bonds is 5. The fraction of sp³-hybridized carbons (Fsp3) is 0.231. The summed E-state index contributed by atoms with van der Waals surface area (Å²) in [6, 6.07) is 11.8. The summed E-state index contributed by atoms with van der Waals surface area (Å²) in [5, 5.41) is 4.34. The van der Waals surface area contributed by atoms with Gasteiger partial charge >= 0.3 is 0 Å². The summed E-state index contributed by atoms with van der Waals surface area (Å²) in [5.41, 5.74) is 11.3. The minimum Gasteiger partial charge on any atom is -0.397 e. The van der Waals surface area contributed by atoms with E-state index in [2.05, 4.69) is 5.32 Å². The van der Waals surface area contributed by atoms with Crippen LogP contribution in [0.1, 0.15) is 33.8 Å². The zero-order chi connectivity index (χ0) is 26.5. The van der Waals surface area contributed by atoms with Crippen LogP contribution in [0, 0.1) is 0 Å². The molecule has 2 heterocycles. The third-order valence-corrected chi connectivity index (χ3v) is 9.95. The molecule has 192 valence electrons. The van der Waals surface area contributed by atoms with E-state index in [4.69, 9.17) is 33.9 Å². The number of nitrogens with zero attached hydrogens (tertiary/aromatic N) is 2. The molecule has 1 amide bonds. The molecule has 0 atom stereocenters. The molecule has 0 saturated heterocycles. The predicted molar refractivity (Wildman–Crippen MR) is 151 cm³/mol. The number of carbonyl (C=O) groups excluding carboxylic acids is 1. The van der Waals surface area contributed by atoms with E-state index in [9.17, 15) is 13.2 Å². The van der Waals surface area contributed by atoms with Crippen LogP contribution in [0.2, 0.25) is 10.0 Å². The number of hydrogen-bond acceptors (Lipinski definition) is 6. The molecule has 4 aromatic rings. The molecule has 0 fully saturated rings. The van der Waals surface area contributed by atoms with Gasteiger partial charge < -0.3 is 11.1 Å². The number of fused-ring (bicyclic) bond motifs is 2. The summed E-state index contributed by atoms with van der Waals surface area (Å²) in [7, 11) is -0.841. The number of aryl methyl sites for hydroxylation is 1. The number of nitrogens with two attached hydrogens (primary N) is 1. The molecule has 0 spiro atoms. The lowest BCUT2D eigenvalue weighted by Gasteiger charge is -2.20. The summed E-state index contributed by atoms with van der Waals surface area (Å²) in [5.74, 6) is -0.484. The van der Waals surface area contributed by atoms with Gasteiger partial charge in [0.1, 0.15) is 9.71 Å². The monoisotopic (exact) mass is 574 g/mol. The lowest BCUT2D eigenvalue weighted by molar-refractivity contribution is 0.103. The molecule has 2 aromatic carbocycles. The van der Waals surface area contributed by atoms with E-state index in [0.717, 1.165) is 57.8 Å². The van der Waals surface area contributed by atoms with Gasteiger partial charge in [-0.15, -0.1) is 11.3 Å². The van der Waals surface area contributed by atoms with Crippen LogP contribution in [0.5, 0.6) is 0 Å². The van der Waals surface area contributed by atoms with Crippen LogP contribution in [-0.2, 0) is 22.9 Å². The van der Waals surface area contributed by atoms with Gasteiger partial charge in [0.15, 0.2) is 0 Å². The molecule has 0 unspecified atom stereocenters. The van der Waals surface area contributed by atoms with E-state index in [0.29, 0.717) is 15.5 Å². The van der Waals surface area contributed by atoms with E-state index < -0.39 is 15.9 Å². The molecule has 2 aromatic heterocycles. The molecular formula is C26H24Cl2N4O3S2. The van der Waals surface area contributed by atoms with Crippen molar-refractivity contribution in [3.63, 3.8) is 0 Å². The van der Waals surface area contributed by atoms with Gasteiger partial charge in [-0.05, 0) is 72.7 Å². The molecule has 3 N–H and O–H groups in total. The summed E-state index contributed by atoms with van der Waals surface area (Å²) in [4.78, 5) is 19.3. The zero-order valence-electron chi connectivity index (χ0n) is 20.1. The first-order valence-electron chi connectivity index (χ1n) is 11.6. The first-order chi connectivity index (χ1) is 17.6. The highest BCUT2D eigenvalue weighted by Crippen LogP contribution is 2.44. The fourth-order valence-corrected chi connectivity index (χ4v) is 6.80. The minimum absolute atomic E-state index is 0.0147. The number of pyridine rings is 1. The van der Waals surface area contributed by atoms with Crippen LogP contribution in [-0.4, -0.2) is 37.7 Å². The lowest BCUT2D eigenvalue weighted by Crippen LogP contribution is -2.22. The highest BCUT2D eigenvalue weighted by molar-refractivity contribution is 7.89. The van der Waals surface area contributed by atoms with Crippen molar-refractivity contribution in [3.8, 4) is 11.1 Å². The second-order valence-corrected chi connectivity index (χ2v) is 13.0. The van der Waals surface area contributed by atoms with Crippen LogP contribution in [0.25, 0.3) is 21.3 Å². The van der Waals surface area contributed by atoms with Crippen LogP contribution < -0.4 is 11.1 Å². The van der Waals surface area contributed by atoms with Gasteiger partial charge in [0.05, 0.1) is 21.3 Å². The Labute approximate surface area is 229 Å². The first-order valence-corrected chi connectivity index (χ1v) is 14.6. The molecule has 0 aliphatic heterocycles. The topological polar surface area (TPSA) is 105 Å². The number of benzene rings is 2. The van der Waals surface area contributed by atoms with Crippen molar-refractivity contribution < 1.29 is 13.2 Å². The third kappa shape index (κ3) is 4.70. The van der Waals surface area contributed by atoms with Crippen LogP contribution >= 0.6 is 34.5 Å². The smallest absolute Gasteiger partial charge is 0.267 e. The Balaban J connectivity index is 1.61. The molecule has 0 saturated carbocycles. The Hall–Kier alpha value is -2.69. The van der Waals surface area contributed by atoms with Crippen molar-refractivity contribution in [1.82, 2.24) is 9.29 Å². The number of hydrogen-bond donors (Lipinski definition) is 2. The summed E-state index contributed by atoms with van der Waals surface area (Å²) in [6.07, 6.45) is 3.87. The average molecular weight is 576 g/mol. The molecule has 11 heteroatoms. The maximum absolute atomic E-state index is 13.4. The maximum atomic E-state index is 13.4. The average Bonchev–Trinajstić information content (AvgIpc) is 3.20. The second-order valence-electron chi connectivity index (χ2n) is 9.03. The van der Waals surface area contributed by atoms with E-state index in [1.807, 2.05) is 24.3 Å². The first kappa shape index (κ1) is 25.9. The number of aromatic nitrogens is 1. The van der Waals surface area contributed by atoms with Crippen molar-refractivity contribution >= 4 is 72.1 Å². The van der Waals surface area contributed by atoms with Crippen molar-refractivity contribution in [2.45, 2.75) is 30.6 Å². The molecular weight excluding hydrogens is 551 g/mol. The van der Waals surface area contributed by atoms with Crippen molar-refractivity contribution in [1.29, 1.82) is 0 Å². The molecule has 1 aliphatic carbocycles. The van der Waals surface area contributed by atoms with E-state index in [-0.39, 0.29) is 20.5 Å². The minimum atomic E-state index is -3.71. The van der Waals surface area contributed by atoms with Crippen molar-refractivity contribution in [3.05, 3.63) is 68.6 Å². The quantitative estimate of drug-likeness (QED) is 0.293. The number of thiophene rings is 1. The van der Waals surface area contributed by atoms with Crippen LogP contribution in [0.15, 0.2) is 47.4 Å². The molecule has 5 rings (SSSR count).